The maximum absolute atomic E-state index is 5.22. The molecule has 8 nitrogen and oxygen atoms in total. The summed E-state index contributed by atoms with van der Waals surface area (Å²) >= 11 is 2.96. The standard InChI is InChI=1S/C12H13N5O3S2/c1-18-6-4-13-11-15-16-12(22-11)21-7-9-14-10(17-20-9)8-3-2-5-19-8/h2-3,5H,4,6-7H2,1H3,(H,13,15). The lowest BCUT2D eigenvalue weighted by molar-refractivity contribution is 0.211. The molecule has 116 valence electrons. The maximum atomic E-state index is 5.22. The topological polar surface area (TPSA) is 99.1 Å². The maximum Gasteiger partial charge on any atom is 0.238 e. The molecule has 0 fully saturated rings. The largest absolute Gasteiger partial charge is 0.461 e. The SMILES string of the molecule is COCCNc1nnc(SCc2nc(-c3ccco3)no2)s1. The third-order valence-electron chi connectivity index (χ3n) is 2.52. The second-order valence-electron chi connectivity index (χ2n) is 4.07. The minimum Gasteiger partial charge on any atom is -0.461 e. The number of rotatable bonds is 8. The summed E-state index contributed by atoms with van der Waals surface area (Å²) in [6.07, 6.45) is 1.57. The summed E-state index contributed by atoms with van der Waals surface area (Å²) in [7, 11) is 1.66. The Hall–Kier alpha value is -1.91. The van der Waals surface area contributed by atoms with E-state index in [9.17, 15) is 0 Å². The molecule has 0 spiro atoms. The molecule has 3 heterocycles. The molecule has 22 heavy (non-hydrogen) atoms. The zero-order valence-corrected chi connectivity index (χ0v) is 13.3. The van der Waals surface area contributed by atoms with E-state index in [0.717, 1.165) is 9.47 Å². The van der Waals surface area contributed by atoms with Crippen LogP contribution in [0.1, 0.15) is 5.89 Å². The molecule has 0 bridgehead atoms. The van der Waals surface area contributed by atoms with Gasteiger partial charge in [-0.25, -0.2) is 0 Å². The van der Waals surface area contributed by atoms with Crippen LogP contribution < -0.4 is 5.32 Å². The molecule has 3 rings (SSSR count). The van der Waals surface area contributed by atoms with Gasteiger partial charge in [0.05, 0.1) is 18.6 Å². The first-order chi connectivity index (χ1) is 10.8. The van der Waals surface area contributed by atoms with Crippen molar-refractivity contribution in [2.45, 2.75) is 10.1 Å². The van der Waals surface area contributed by atoms with Crippen LogP contribution >= 0.6 is 23.1 Å². The number of hydrogen-bond acceptors (Lipinski definition) is 10. The van der Waals surface area contributed by atoms with Gasteiger partial charge in [-0.3, -0.25) is 0 Å². The van der Waals surface area contributed by atoms with Crippen LogP contribution in [0.15, 0.2) is 31.7 Å². The Balaban J connectivity index is 1.52. The molecule has 3 aromatic heterocycles. The zero-order chi connectivity index (χ0) is 15.2. The van der Waals surface area contributed by atoms with Crippen molar-refractivity contribution in [1.82, 2.24) is 20.3 Å². The van der Waals surface area contributed by atoms with Gasteiger partial charge < -0.3 is 19.0 Å². The summed E-state index contributed by atoms with van der Waals surface area (Å²) < 4.78 is 16.2. The van der Waals surface area contributed by atoms with Gasteiger partial charge in [0, 0.05) is 13.7 Å². The van der Waals surface area contributed by atoms with E-state index in [-0.39, 0.29) is 0 Å². The van der Waals surface area contributed by atoms with E-state index >= 15 is 0 Å². The number of anilines is 1. The molecule has 0 unspecified atom stereocenters. The van der Waals surface area contributed by atoms with Crippen molar-refractivity contribution in [3.63, 3.8) is 0 Å². The molecule has 0 aromatic carbocycles. The van der Waals surface area contributed by atoms with Crippen LogP contribution in [0, 0.1) is 0 Å². The number of nitrogens with zero attached hydrogens (tertiary/aromatic N) is 4. The minimum atomic E-state index is 0.444. The van der Waals surface area contributed by atoms with Gasteiger partial charge in [-0.15, -0.1) is 10.2 Å². The average molecular weight is 339 g/mol. The number of ether oxygens (including phenoxy) is 1. The number of methoxy groups -OCH3 is 1. The smallest absolute Gasteiger partial charge is 0.238 e. The molecule has 10 heteroatoms. The van der Waals surface area contributed by atoms with Crippen molar-refractivity contribution in [2.75, 3.05) is 25.6 Å². The van der Waals surface area contributed by atoms with E-state index in [1.54, 1.807) is 25.5 Å². The molecule has 0 saturated heterocycles. The quantitative estimate of drug-likeness (QED) is 0.490. The van der Waals surface area contributed by atoms with E-state index < -0.39 is 0 Å². The Bertz CT molecular complexity index is 697. The highest BCUT2D eigenvalue weighted by molar-refractivity contribution is 8.00. The molecule has 0 radical (unpaired) electrons. The molecule has 3 aromatic rings. The second-order valence-corrected chi connectivity index (χ2v) is 6.27. The van der Waals surface area contributed by atoms with Crippen molar-refractivity contribution >= 4 is 28.2 Å². The molecular weight excluding hydrogens is 326 g/mol. The number of thioether (sulfide) groups is 1. The fourth-order valence-electron chi connectivity index (χ4n) is 1.54. The van der Waals surface area contributed by atoms with Crippen LogP contribution in [0.3, 0.4) is 0 Å². The van der Waals surface area contributed by atoms with Gasteiger partial charge in [0.25, 0.3) is 0 Å². The van der Waals surface area contributed by atoms with Gasteiger partial charge in [-0.05, 0) is 12.1 Å². The summed E-state index contributed by atoms with van der Waals surface area (Å²) in [6.45, 7) is 1.32. The van der Waals surface area contributed by atoms with Crippen molar-refractivity contribution < 1.29 is 13.7 Å². The third-order valence-corrected chi connectivity index (χ3v) is 4.52. The normalized spacial score (nSPS) is 11.0. The fourth-order valence-corrected chi connectivity index (χ4v) is 3.16. The number of aromatic nitrogens is 4. The van der Waals surface area contributed by atoms with Crippen molar-refractivity contribution in [3.8, 4) is 11.6 Å². The zero-order valence-electron chi connectivity index (χ0n) is 11.7. The van der Waals surface area contributed by atoms with Crippen molar-refractivity contribution in [3.05, 3.63) is 24.3 Å². The Morgan fingerprint density at radius 1 is 1.41 bits per heavy atom. The Morgan fingerprint density at radius 3 is 3.18 bits per heavy atom. The highest BCUT2D eigenvalue weighted by atomic mass is 32.2. The van der Waals surface area contributed by atoms with E-state index in [2.05, 4.69) is 25.7 Å². The lowest BCUT2D eigenvalue weighted by Gasteiger charge is -1.98. The monoisotopic (exact) mass is 339 g/mol. The van der Waals surface area contributed by atoms with Crippen LogP contribution in [-0.4, -0.2) is 40.6 Å². The van der Waals surface area contributed by atoms with Crippen LogP contribution in [0.2, 0.25) is 0 Å². The van der Waals surface area contributed by atoms with Gasteiger partial charge >= 0.3 is 0 Å². The minimum absolute atomic E-state index is 0.444. The second kappa shape index (κ2) is 7.38. The summed E-state index contributed by atoms with van der Waals surface area (Å²) in [4.78, 5) is 4.27. The predicted molar refractivity (Wildman–Crippen MR) is 81.8 cm³/mol. The number of hydrogen-bond donors (Lipinski definition) is 1. The van der Waals surface area contributed by atoms with Crippen LogP contribution in [-0.2, 0) is 10.5 Å². The number of furan rings is 1. The van der Waals surface area contributed by atoms with Crippen molar-refractivity contribution in [1.29, 1.82) is 0 Å². The Morgan fingerprint density at radius 2 is 2.36 bits per heavy atom. The molecule has 0 saturated carbocycles. The predicted octanol–water partition coefficient (Wildman–Crippen LogP) is 2.53. The van der Waals surface area contributed by atoms with Gasteiger partial charge in [-0.1, -0.05) is 28.3 Å². The van der Waals surface area contributed by atoms with Gasteiger partial charge in [0.2, 0.25) is 16.8 Å². The summed E-state index contributed by atoms with van der Waals surface area (Å²) in [5, 5.41) is 15.9. The van der Waals surface area contributed by atoms with Crippen LogP contribution in [0.5, 0.6) is 0 Å². The molecule has 0 amide bonds. The lowest BCUT2D eigenvalue weighted by Crippen LogP contribution is -2.06. The lowest BCUT2D eigenvalue weighted by atomic mass is 10.4. The molecule has 0 aliphatic rings. The first-order valence-corrected chi connectivity index (χ1v) is 8.21. The highest BCUT2D eigenvalue weighted by Gasteiger charge is 2.12. The molecular formula is C12H13N5O3S2. The summed E-state index contributed by atoms with van der Waals surface area (Å²) in [5.74, 6) is 2.07. The van der Waals surface area contributed by atoms with Gasteiger partial charge in [0.1, 0.15) is 0 Å². The van der Waals surface area contributed by atoms with Crippen LogP contribution in [0.4, 0.5) is 5.13 Å². The van der Waals surface area contributed by atoms with Crippen molar-refractivity contribution in [2.24, 2.45) is 0 Å². The van der Waals surface area contributed by atoms with Crippen LogP contribution in [0.25, 0.3) is 11.6 Å². The summed E-state index contributed by atoms with van der Waals surface area (Å²) in [5.41, 5.74) is 0. The highest BCUT2D eigenvalue weighted by Crippen LogP contribution is 2.28. The van der Waals surface area contributed by atoms with E-state index in [1.807, 2.05) is 0 Å². The molecule has 1 N–H and O–H groups in total. The fraction of sp³-hybridized carbons (Fsp3) is 0.333. The molecule has 0 atom stereocenters. The third kappa shape index (κ3) is 3.84. The van der Waals surface area contributed by atoms with E-state index in [0.29, 0.717) is 36.4 Å². The van der Waals surface area contributed by atoms with E-state index in [1.165, 1.54) is 23.1 Å². The first kappa shape index (κ1) is 15.0. The average Bonchev–Trinajstić information content (AvgIpc) is 3.26. The molecule has 0 aliphatic carbocycles. The summed E-state index contributed by atoms with van der Waals surface area (Å²) in [6, 6.07) is 3.56. The van der Waals surface area contributed by atoms with E-state index in [4.69, 9.17) is 13.7 Å². The van der Waals surface area contributed by atoms with Gasteiger partial charge in [-0.2, -0.15) is 4.98 Å². The molecule has 0 aliphatic heterocycles. The Kier molecular flexibility index (Phi) is 5.03. The first-order valence-electron chi connectivity index (χ1n) is 6.40. The number of nitrogens with one attached hydrogen (secondary N) is 1. The Labute approximate surface area is 134 Å². The van der Waals surface area contributed by atoms with Gasteiger partial charge in [0.15, 0.2) is 10.1 Å².